The highest BCUT2D eigenvalue weighted by molar-refractivity contribution is 5.81. The zero-order valence-electron chi connectivity index (χ0n) is 14.5. The first-order chi connectivity index (χ1) is 10.8. The minimum atomic E-state index is -0.161. The fourth-order valence-electron chi connectivity index (χ4n) is 3.42. The maximum atomic E-state index is 12.0. The second kappa shape index (κ2) is 7.16. The average molecular weight is 317 g/mol. The zero-order chi connectivity index (χ0) is 17.0. The van der Waals surface area contributed by atoms with E-state index in [0.717, 1.165) is 12.1 Å². The number of likely N-dealkylation sites (N-methyl/N-ethyl adjacent to an activating group) is 1. The van der Waals surface area contributed by atoms with E-state index in [-0.39, 0.29) is 29.0 Å². The molecule has 126 valence electrons. The quantitative estimate of drug-likeness (QED) is 0.724. The van der Waals surface area contributed by atoms with Crippen LogP contribution in [-0.2, 0) is 14.3 Å². The van der Waals surface area contributed by atoms with Crippen LogP contribution in [0.4, 0.5) is 5.69 Å². The van der Waals surface area contributed by atoms with Gasteiger partial charge in [0, 0.05) is 25.1 Å². The molecule has 1 fully saturated rings. The summed E-state index contributed by atoms with van der Waals surface area (Å²) < 4.78 is 5.36. The Hall–Kier alpha value is -1.84. The molecule has 0 heterocycles. The van der Waals surface area contributed by atoms with E-state index in [4.69, 9.17) is 4.74 Å². The number of ether oxygens (including phenoxy) is 1. The van der Waals surface area contributed by atoms with Crippen molar-refractivity contribution in [1.82, 2.24) is 0 Å². The molecule has 2 rings (SSSR count). The second-order valence-electron chi connectivity index (χ2n) is 7.10. The van der Waals surface area contributed by atoms with Crippen LogP contribution in [-0.4, -0.2) is 32.0 Å². The van der Waals surface area contributed by atoms with E-state index >= 15 is 0 Å². The highest BCUT2D eigenvalue weighted by Crippen LogP contribution is 2.53. The molecule has 0 amide bonds. The summed E-state index contributed by atoms with van der Waals surface area (Å²) in [6.45, 7) is 6.83. The molecule has 1 aliphatic carbocycles. The molecule has 0 radical (unpaired) electrons. The summed E-state index contributed by atoms with van der Waals surface area (Å²) in [4.78, 5) is 25.6. The summed E-state index contributed by atoms with van der Waals surface area (Å²) in [5.41, 5.74) is 1.01. The Bertz CT molecular complexity index is 553. The summed E-state index contributed by atoms with van der Waals surface area (Å²) in [5, 5.41) is 0. The fraction of sp³-hybridized carbons (Fsp3) is 0.579. The molecule has 4 nitrogen and oxygen atoms in total. The van der Waals surface area contributed by atoms with Gasteiger partial charge in [-0.05, 0) is 36.8 Å². The van der Waals surface area contributed by atoms with Gasteiger partial charge >= 0.3 is 5.97 Å². The molecule has 1 aromatic carbocycles. The van der Waals surface area contributed by atoms with Crippen molar-refractivity contribution in [2.24, 2.45) is 17.3 Å². The third kappa shape index (κ3) is 4.12. The zero-order valence-corrected chi connectivity index (χ0v) is 14.5. The lowest BCUT2D eigenvalue weighted by Gasteiger charge is -2.50. The van der Waals surface area contributed by atoms with Crippen molar-refractivity contribution in [3.05, 3.63) is 30.3 Å². The predicted molar refractivity (Wildman–Crippen MR) is 91.3 cm³/mol. The van der Waals surface area contributed by atoms with Crippen LogP contribution >= 0.6 is 0 Å². The third-order valence-corrected chi connectivity index (χ3v) is 5.26. The van der Waals surface area contributed by atoms with Gasteiger partial charge in [0.05, 0.1) is 6.54 Å². The largest absolute Gasteiger partial charge is 0.464 e. The van der Waals surface area contributed by atoms with Gasteiger partial charge in [0.15, 0.2) is 0 Å². The van der Waals surface area contributed by atoms with E-state index < -0.39 is 0 Å². The molecule has 1 saturated carbocycles. The second-order valence-corrected chi connectivity index (χ2v) is 7.10. The van der Waals surface area contributed by atoms with Crippen molar-refractivity contribution >= 4 is 17.4 Å². The van der Waals surface area contributed by atoms with Crippen LogP contribution < -0.4 is 4.90 Å². The van der Waals surface area contributed by atoms with Crippen LogP contribution in [0.25, 0.3) is 0 Å². The number of nitrogens with zero attached hydrogens (tertiary/aromatic N) is 1. The number of esters is 1. The molecule has 0 unspecified atom stereocenters. The first-order valence-corrected chi connectivity index (χ1v) is 8.24. The van der Waals surface area contributed by atoms with Crippen LogP contribution in [0, 0.1) is 17.3 Å². The van der Waals surface area contributed by atoms with Gasteiger partial charge in [-0.2, -0.15) is 0 Å². The molecular formula is C19H27NO3. The van der Waals surface area contributed by atoms with E-state index in [0.29, 0.717) is 19.6 Å². The number of carbonyl (C=O) groups excluding carboxylic acids is 2. The molecule has 23 heavy (non-hydrogen) atoms. The van der Waals surface area contributed by atoms with Crippen LogP contribution in [0.5, 0.6) is 0 Å². The lowest BCUT2D eigenvalue weighted by atomic mass is 9.53. The number of rotatable bonds is 7. The SMILES string of the molecule is CC(=O)[C@@H]1C[C@H](CC(=O)OCCN(C)c2ccccc2)C1(C)C. The highest BCUT2D eigenvalue weighted by atomic mass is 16.5. The standard InChI is InChI=1S/C19H27NO3/c1-14(21)17-12-15(19(17,2)3)13-18(22)23-11-10-20(4)16-8-6-5-7-9-16/h5-9,15,17H,10-13H2,1-4H3/t15-,17+/m1/s1. The van der Waals surface area contributed by atoms with Crippen LogP contribution in [0.3, 0.4) is 0 Å². The maximum Gasteiger partial charge on any atom is 0.306 e. The minimum Gasteiger partial charge on any atom is -0.464 e. The van der Waals surface area contributed by atoms with E-state index in [1.807, 2.05) is 37.4 Å². The number of hydrogen-bond acceptors (Lipinski definition) is 4. The van der Waals surface area contributed by atoms with Gasteiger partial charge in [-0.25, -0.2) is 0 Å². The maximum absolute atomic E-state index is 12.0. The van der Waals surface area contributed by atoms with Gasteiger partial charge in [-0.3, -0.25) is 9.59 Å². The molecule has 0 aromatic heterocycles. The topological polar surface area (TPSA) is 46.6 Å². The number of anilines is 1. The van der Waals surface area contributed by atoms with Crippen molar-refractivity contribution in [3.8, 4) is 0 Å². The molecule has 0 saturated heterocycles. The molecule has 0 N–H and O–H groups in total. The van der Waals surface area contributed by atoms with Crippen LogP contribution in [0.1, 0.15) is 33.6 Å². The minimum absolute atomic E-state index is 0.0875. The summed E-state index contributed by atoms with van der Waals surface area (Å²) in [7, 11) is 1.98. The normalized spacial score (nSPS) is 22.1. The molecule has 0 aliphatic heterocycles. The van der Waals surface area contributed by atoms with Gasteiger partial charge < -0.3 is 9.64 Å². The molecule has 1 aliphatic rings. The van der Waals surface area contributed by atoms with E-state index in [9.17, 15) is 9.59 Å². The fourth-order valence-corrected chi connectivity index (χ4v) is 3.42. The number of Topliss-reactive ketones (excluding diaryl/α,β-unsaturated/α-hetero) is 1. The van der Waals surface area contributed by atoms with Gasteiger partial charge in [0.2, 0.25) is 0 Å². The number of para-hydroxylation sites is 1. The lowest BCUT2D eigenvalue weighted by molar-refractivity contribution is -0.153. The molecule has 2 atom stereocenters. The Kier molecular flexibility index (Phi) is 5.45. The molecule has 1 aromatic rings. The predicted octanol–water partition coefficient (Wildman–Crippen LogP) is 3.31. The van der Waals surface area contributed by atoms with E-state index in [2.05, 4.69) is 18.7 Å². The Morgan fingerprint density at radius 2 is 1.91 bits per heavy atom. The third-order valence-electron chi connectivity index (χ3n) is 5.26. The lowest BCUT2D eigenvalue weighted by Crippen LogP contribution is -2.49. The van der Waals surface area contributed by atoms with E-state index in [1.165, 1.54) is 0 Å². The number of hydrogen-bond donors (Lipinski definition) is 0. The first kappa shape index (κ1) is 17.5. The number of carbonyl (C=O) groups is 2. The summed E-state index contributed by atoms with van der Waals surface area (Å²) in [6, 6.07) is 10.0. The Morgan fingerprint density at radius 1 is 1.26 bits per heavy atom. The highest BCUT2D eigenvalue weighted by Gasteiger charge is 2.50. The van der Waals surface area contributed by atoms with Crippen molar-refractivity contribution in [1.29, 1.82) is 0 Å². The van der Waals surface area contributed by atoms with Gasteiger partial charge in [-0.15, -0.1) is 0 Å². The number of benzene rings is 1. The molecule has 0 bridgehead atoms. The Labute approximate surface area is 138 Å². The summed E-state index contributed by atoms with van der Waals surface area (Å²) in [5.74, 6) is 0.399. The monoisotopic (exact) mass is 317 g/mol. The molecular weight excluding hydrogens is 290 g/mol. The van der Waals surface area contributed by atoms with Crippen molar-refractivity contribution in [2.75, 3.05) is 25.1 Å². The summed E-state index contributed by atoms with van der Waals surface area (Å²) in [6.07, 6.45) is 1.22. The average Bonchev–Trinajstić information content (AvgIpc) is 2.51. The van der Waals surface area contributed by atoms with Crippen LogP contribution in [0.15, 0.2) is 30.3 Å². The van der Waals surface area contributed by atoms with E-state index in [1.54, 1.807) is 6.92 Å². The van der Waals surface area contributed by atoms with Crippen LogP contribution in [0.2, 0.25) is 0 Å². The smallest absolute Gasteiger partial charge is 0.306 e. The van der Waals surface area contributed by atoms with Gasteiger partial charge in [-0.1, -0.05) is 32.0 Å². The Morgan fingerprint density at radius 3 is 2.48 bits per heavy atom. The van der Waals surface area contributed by atoms with Gasteiger partial charge in [0.25, 0.3) is 0 Å². The van der Waals surface area contributed by atoms with Crippen molar-refractivity contribution < 1.29 is 14.3 Å². The van der Waals surface area contributed by atoms with Crippen molar-refractivity contribution in [2.45, 2.75) is 33.6 Å². The van der Waals surface area contributed by atoms with Crippen molar-refractivity contribution in [3.63, 3.8) is 0 Å². The Balaban J connectivity index is 1.71. The first-order valence-electron chi connectivity index (χ1n) is 8.24. The molecule has 0 spiro atoms. The van der Waals surface area contributed by atoms with Gasteiger partial charge in [0.1, 0.15) is 12.4 Å². The summed E-state index contributed by atoms with van der Waals surface area (Å²) >= 11 is 0. The number of ketones is 1. The molecule has 4 heteroatoms.